The van der Waals surface area contributed by atoms with Crippen LogP contribution in [0.15, 0.2) is 42.7 Å². The maximum Gasteiger partial charge on any atom is 0.235 e. The number of aromatic nitrogens is 5. The fourth-order valence-corrected chi connectivity index (χ4v) is 3.21. The maximum atomic E-state index is 5.36. The van der Waals surface area contributed by atoms with E-state index in [1.165, 1.54) is 11.3 Å². The van der Waals surface area contributed by atoms with Crippen LogP contribution >= 0.6 is 11.3 Å². The molecule has 0 spiro atoms. The molecule has 0 N–H and O–H groups in total. The van der Waals surface area contributed by atoms with Gasteiger partial charge in [0.2, 0.25) is 4.96 Å². The van der Waals surface area contributed by atoms with Crippen molar-refractivity contribution < 1.29 is 9.47 Å². The molecule has 4 aromatic rings. The van der Waals surface area contributed by atoms with Crippen molar-refractivity contribution in [3.63, 3.8) is 0 Å². The molecular formula is C16H13N5O2S. The molecule has 3 aromatic heterocycles. The maximum absolute atomic E-state index is 5.36. The predicted molar refractivity (Wildman–Crippen MR) is 90.4 cm³/mol. The van der Waals surface area contributed by atoms with Crippen LogP contribution in [0.25, 0.3) is 26.9 Å². The molecule has 0 amide bonds. The van der Waals surface area contributed by atoms with Crippen molar-refractivity contribution in [3.05, 3.63) is 42.7 Å². The summed E-state index contributed by atoms with van der Waals surface area (Å²) in [6.45, 7) is 0. The van der Waals surface area contributed by atoms with E-state index in [4.69, 9.17) is 9.47 Å². The highest BCUT2D eigenvalue weighted by Crippen LogP contribution is 2.34. The summed E-state index contributed by atoms with van der Waals surface area (Å²) >= 11 is 1.46. The Hall–Kier alpha value is -3.00. The lowest BCUT2D eigenvalue weighted by Crippen LogP contribution is -1.93. The first-order valence-electron chi connectivity index (χ1n) is 7.15. The monoisotopic (exact) mass is 339 g/mol. The van der Waals surface area contributed by atoms with Gasteiger partial charge in [-0.1, -0.05) is 11.3 Å². The zero-order valence-corrected chi connectivity index (χ0v) is 13.8. The van der Waals surface area contributed by atoms with Crippen molar-refractivity contribution >= 4 is 16.3 Å². The van der Waals surface area contributed by atoms with Crippen LogP contribution in [-0.4, -0.2) is 39.0 Å². The highest BCUT2D eigenvalue weighted by atomic mass is 32.1. The van der Waals surface area contributed by atoms with Crippen molar-refractivity contribution in [1.29, 1.82) is 0 Å². The third kappa shape index (κ3) is 2.37. The van der Waals surface area contributed by atoms with Crippen molar-refractivity contribution in [1.82, 2.24) is 24.8 Å². The topological polar surface area (TPSA) is 74.4 Å². The number of hydrogen-bond acceptors (Lipinski definition) is 7. The summed E-state index contributed by atoms with van der Waals surface area (Å²) in [6, 6.07) is 9.49. The lowest BCUT2D eigenvalue weighted by atomic mass is 10.2. The first kappa shape index (κ1) is 14.6. The molecule has 3 heterocycles. The molecule has 0 bridgehead atoms. The molecule has 0 saturated heterocycles. The largest absolute Gasteiger partial charge is 0.493 e. The second-order valence-corrected chi connectivity index (χ2v) is 5.89. The SMILES string of the molecule is COc1ccc(-c2nn3c(-c4cccnc4)nnc3s2)cc1OC. The number of rotatable bonds is 4. The van der Waals surface area contributed by atoms with E-state index in [0.717, 1.165) is 21.1 Å². The van der Waals surface area contributed by atoms with Gasteiger partial charge >= 0.3 is 0 Å². The minimum atomic E-state index is 0.661. The number of ether oxygens (including phenoxy) is 2. The van der Waals surface area contributed by atoms with Crippen LogP contribution < -0.4 is 9.47 Å². The Morgan fingerprint density at radius 2 is 1.88 bits per heavy atom. The lowest BCUT2D eigenvalue weighted by molar-refractivity contribution is 0.355. The number of fused-ring (bicyclic) bond motifs is 1. The van der Waals surface area contributed by atoms with Crippen LogP contribution in [0.1, 0.15) is 0 Å². The second-order valence-electron chi connectivity index (χ2n) is 4.94. The molecule has 0 aliphatic rings. The molecule has 120 valence electrons. The zero-order valence-electron chi connectivity index (χ0n) is 13.0. The molecule has 0 unspecified atom stereocenters. The van der Waals surface area contributed by atoms with Crippen molar-refractivity contribution in [2.75, 3.05) is 14.2 Å². The van der Waals surface area contributed by atoms with Crippen LogP contribution in [0, 0.1) is 0 Å². The zero-order chi connectivity index (χ0) is 16.5. The third-order valence-corrected chi connectivity index (χ3v) is 4.49. The summed E-state index contributed by atoms with van der Waals surface area (Å²) in [5.41, 5.74) is 1.80. The van der Waals surface area contributed by atoms with E-state index in [-0.39, 0.29) is 0 Å². The van der Waals surface area contributed by atoms with E-state index < -0.39 is 0 Å². The first-order valence-corrected chi connectivity index (χ1v) is 7.97. The molecule has 0 saturated carbocycles. The van der Waals surface area contributed by atoms with Gasteiger partial charge in [-0.15, -0.1) is 10.2 Å². The average molecular weight is 339 g/mol. The highest BCUT2D eigenvalue weighted by molar-refractivity contribution is 7.19. The summed E-state index contributed by atoms with van der Waals surface area (Å²) in [6.07, 6.45) is 3.46. The number of nitrogens with zero attached hydrogens (tertiary/aromatic N) is 5. The lowest BCUT2D eigenvalue weighted by Gasteiger charge is -2.07. The van der Waals surface area contributed by atoms with E-state index in [9.17, 15) is 0 Å². The molecular weight excluding hydrogens is 326 g/mol. The van der Waals surface area contributed by atoms with Crippen molar-refractivity contribution in [3.8, 4) is 33.5 Å². The quantitative estimate of drug-likeness (QED) is 0.569. The van der Waals surface area contributed by atoms with Crippen LogP contribution in [0.3, 0.4) is 0 Å². The molecule has 0 aliphatic heterocycles. The fourth-order valence-electron chi connectivity index (χ4n) is 2.38. The molecule has 24 heavy (non-hydrogen) atoms. The number of benzene rings is 1. The van der Waals surface area contributed by atoms with Crippen LogP contribution in [-0.2, 0) is 0 Å². The summed E-state index contributed by atoms with van der Waals surface area (Å²) in [4.78, 5) is 4.84. The first-order chi connectivity index (χ1) is 11.8. The fraction of sp³-hybridized carbons (Fsp3) is 0.125. The minimum Gasteiger partial charge on any atom is -0.493 e. The van der Waals surface area contributed by atoms with Gasteiger partial charge in [0, 0.05) is 23.5 Å². The van der Waals surface area contributed by atoms with Gasteiger partial charge in [0.15, 0.2) is 17.3 Å². The van der Waals surface area contributed by atoms with Gasteiger partial charge in [0.05, 0.1) is 14.2 Å². The molecule has 0 atom stereocenters. The Kier molecular flexibility index (Phi) is 3.58. The Labute approximate surface area is 141 Å². The minimum absolute atomic E-state index is 0.661. The van der Waals surface area contributed by atoms with Gasteiger partial charge in [-0.2, -0.15) is 9.61 Å². The average Bonchev–Trinajstić information content (AvgIpc) is 3.22. The third-order valence-electron chi connectivity index (χ3n) is 3.54. The Bertz CT molecular complexity index is 996. The van der Waals surface area contributed by atoms with E-state index in [2.05, 4.69) is 20.3 Å². The van der Waals surface area contributed by atoms with E-state index in [1.807, 2.05) is 30.3 Å². The van der Waals surface area contributed by atoms with Crippen LogP contribution in [0.2, 0.25) is 0 Å². The molecule has 0 aliphatic carbocycles. The molecule has 8 heteroatoms. The molecule has 7 nitrogen and oxygen atoms in total. The van der Waals surface area contributed by atoms with E-state index in [0.29, 0.717) is 17.3 Å². The smallest absolute Gasteiger partial charge is 0.235 e. The highest BCUT2D eigenvalue weighted by Gasteiger charge is 2.15. The van der Waals surface area contributed by atoms with Crippen molar-refractivity contribution in [2.24, 2.45) is 0 Å². The summed E-state index contributed by atoms with van der Waals surface area (Å²) in [5.74, 6) is 2.01. The Morgan fingerprint density at radius 3 is 2.62 bits per heavy atom. The predicted octanol–water partition coefficient (Wildman–Crippen LogP) is 2.93. The summed E-state index contributed by atoms with van der Waals surface area (Å²) in [5, 5.41) is 13.9. The van der Waals surface area contributed by atoms with Gasteiger partial charge in [-0.25, -0.2) is 0 Å². The van der Waals surface area contributed by atoms with Gasteiger partial charge in [-0.05, 0) is 30.3 Å². The Balaban J connectivity index is 1.80. The second kappa shape index (κ2) is 5.89. The molecule has 0 fully saturated rings. The number of pyridine rings is 1. The van der Waals surface area contributed by atoms with E-state index in [1.54, 1.807) is 31.1 Å². The molecule has 0 radical (unpaired) electrons. The normalized spacial score (nSPS) is 10.9. The summed E-state index contributed by atoms with van der Waals surface area (Å²) < 4.78 is 12.4. The van der Waals surface area contributed by atoms with Gasteiger partial charge in [0.25, 0.3) is 0 Å². The number of methoxy groups -OCH3 is 2. The molecule has 4 rings (SSSR count). The molecule has 1 aromatic carbocycles. The standard InChI is InChI=1S/C16H13N5O2S/c1-22-12-6-5-10(8-13(12)23-2)15-20-21-14(18-19-16(21)24-15)11-4-3-7-17-9-11/h3-9H,1-2H3. The van der Waals surface area contributed by atoms with Crippen LogP contribution in [0.4, 0.5) is 0 Å². The van der Waals surface area contributed by atoms with Crippen LogP contribution in [0.5, 0.6) is 11.5 Å². The van der Waals surface area contributed by atoms with E-state index >= 15 is 0 Å². The van der Waals surface area contributed by atoms with Crippen molar-refractivity contribution in [2.45, 2.75) is 0 Å². The van der Waals surface area contributed by atoms with Gasteiger partial charge in [-0.3, -0.25) is 4.98 Å². The number of hydrogen-bond donors (Lipinski definition) is 0. The van der Waals surface area contributed by atoms with Gasteiger partial charge in [0.1, 0.15) is 5.01 Å². The van der Waals surface area contributed by atoms with Gasteiger partial charge < -0.3 is 9.47 Å². The Morgan fingerprint density at radius 1 is 1.00 bits per heavy atom. The summed E-state index contributed by atoms with van der Waals surface area (Å²) in [7, 11) is 3.22.